The summed E-state index contributed by atoms with van der Waals surface area (Å²) in [5.41, 5.74) is 1.88. The minimum absolute atomic E-state index is 0.129. The molecule has 0 radical (unpaired) electrons. The summed E-state index contributed by atoms with van der Waals surface area (Å²) in [4.78, 5) is 29.7. The Bertz CT molecular complexity index is 1390. The summed E-state index contributed by atoms with van der Waals surface area (Å²) >= 11 is 0. The zero-order chi connectivity index (χ0) is 23.8. The van der Waals surface area contributed by atoms with Gasteiger partial charge in [-0.05, 0) is 43.7 Å². The number of carbonyl (C=O) groups is 1. The highest BCUT2D eigenvalue weighted by molar-refractivity contribution is 6.09. The lowest BCUT2D eigenvalue weighted by molar-refractivity contribution is -0.137. The van der Waals surface area contributed by atoms with Gasteiger partial charge in [-0.25, -0.2) is 0 Å². The van der Waals surface area contributed by atoms with Gasteiger partial charge in [0.25, 0.3) is 5.56 Å². The molecule has 168 valence electrons. The van der Waals surface area contributed by atoms with Gasteiger partial charge in [0.05, 0.1) is 11.1 Å². The quantitative estimate of drug-likeness (QED) is 0.394. The highest BCUT2D eigenvalue weighted by atomic mass is 19.4. The van der Waals surface area contributed by atoms with Gasteiger partial charge in [-0.1, -0.05) is 42.5 Å². The van der Waals surface area contributed by atoms with E-state index in [0.29, 0.717) is 16.8 Å². The molecule has 8 heteroatoms. The van der Waals surface area contributed by atoms with E-state index in [2.05, 4.69) is 4.98 Å². The second-order valence-corrected chi connectivity index (χ2v) is 7.60. The molecule has 0 N–H and O–H groups in total. The number of ketones is 1. The largest absolute Gasteiger partial charge is 0.472 e. The van der Waals surface area contributed by atoms with Crippen molar-refractivity contribution in [1.82, 2.24) is 9.38 Å². The molecule has 2 aromatic heterocycles. The van der Waals surface area contributed by atoms with Crippen LogP contribution in [0.2, 0.25) is 0 Å². The zero-order valence-corrected chi connectivity index (χ0v) is 17.8. The van der Waals surface area contributed by atoms with Crippen LogP contribution in [0, 0.1) is 13.8 Å². The van der Waals surface area contributed by atoms with E-state index in [0.717, 1.165) is 35.5 Å². The van der Waals surface area contributed by atoms with Gasteiger partial charge in [0.15, 0.2) is 5.78 Å². The van der Waals surface area contributed by atoms with Crippen molar-refractivity contribution in [3.63, 3.8) is 0 Å². The van der Waals surface area contributed by atoms with Gasteiger partial charge in [-0.2, -0.15) is 18.2 Å². The Morgan fingerprint density at radius 3 is 2.15 bits per heavy atom. The lowest BCUT2D eigenvalue weighted by Crippen LogP contribution is -2.21. The van der Waals surface area contributed by atoms with Crippen LogP contribution in [0.5, 0.6) is 5.88 Å². The van der Waals surface area contributed by atoms with Gasteiger partial charge in [0.1, 0.15) is 12.3 Å². The van der Waals surface area contributed by atoms with Gasteiger partial charge in [0, 0.05) is 16.8 Å². The van der Waals surface area contributed by atoms with Crippen LogP contribution in [0.1, 0.15) is 38.3 Å². The maximum atomic E-state index is 12.7. The lowest BCUT2D eigenvalue weighted by Gasteiger charge is -2.11. The maximum Gasteiger partial charge on any atom is 0.416 e. The Hall–Kier alpha value is -3.94. The van der Waals surface area contributed by atoms with Crippen LogP contribution in [-0.2, 0) is 12.8 Å². The van der Waals surface area contributed by atoms with Crippen molar-refractivity contribution < 1.29 is 22.7 Å². The summed E-state index contributed by atoms with van der Waals surface area (Å²) in [7, 11) is 0. The molecule has 0 aliphatic heterocycles. The molecule has 0 spiro atoms. The molecule has 0 saturated carbocycles. The monoisotopic (exact) mass is 452 g/mol. The van der Waals surface area contributed by atoms with Crippen molar-refractivity contribution >= 4 is 11.4 Å². The number of alkyl halides is 3. The Labute approximate surface area is 187 Å². The number of benzene rings is 2. The van der Waals surface area contributed by atoms with E-state index in [1.807, 2.05) is 19.1 Å². The first-order valence-electron chi connectivity index (χ1n) is 10.1. The van der Waals surface area contributed by atoms with Crippen LogP contribution < -0.4 is 10.3 Å². The summed E-state index contributed by atoms with van der Waals surface area (Å²) in [6.45, 7) is 3.60. The number of hydrogen-bond acceptors (Lipinski definition) is 4. The molecule has 0 atom stereocenters. The van der Waals surface area contributed by atoms with Gasteiger partial charge in [-0.3, -0.25) is 14.0 Å². The zero-order valence-electron chi connectivity index (χ0n) is 17.8. The number of aromatic nitrogens is 2. The number of hydrogen-bond donors (Lipinski definition) is 0. The number of pyridine rings is 1. The van der Waals surface area contributed by atoms with Gasteiger partial charge in [-0.15, -0.1) is 0 Å². The van der Waals surface area contributed by atoms with Gasteiger partial charge in [0.2, 0.25) is 5.88 Å². The van der Waals surface area contributed by atoms with Gasteiger partial charge < -0.3 is 4.74 Å². The van der Waals surface area contributed by atoms with E-state index in [4.69, 9.17) is 4.74 Å². The van der Waals surface area contributed by atoms with E-state index < -0.39 is 11.7 Å². The number of carbonyl (C=O) groups excluding carboxylic acids is 1. The summed E-state index contributed by atoms with van der Waals surface area (Å²) in [6.07, 6.45) is -4.45. The second kappa shape index (κ2) is 8.54. The maximum absolute atomic E-state index is 12.7. The first kappa shape index (κ1) is 22.3. The van der Waals surface area contributed by atoms with Crippen molar-refractivity contribution in [1.29, 1.82) is 0 Å². The molecule has 4 rings (SSSR count). The van der Waals surface area contributed by atoms with Crippen molar-refractivity contribution in [2.75, 3.05) is 0 Å². The second-order valence-electron chi connectivity index (χ2n) is 7.60. The summed E-state index contributed by atoms with van der Waals surface area (Å²) < 4.78 is 45.4. The molecule has 0 saturated heterocycles. The molecule has 0 aliphatic carbocycles. The molecule has 5 nitrogen and oxygen atoms in total. The molecule has 0 bridgehead atoms. The highest BCUT2D eigenvalue weighted by Crippen LogP contribution is 2.29. The average molecular weight is 452 g/mol. The SMILES string of the molecule is Cc1c(OCc2ccc(C(=O)c3ccc(C(F)(F)F)cc3)cc2)nc2cccc(C)n2c1=O. The third-order valence-corrected chi connectivity index (χ3v) is 5.29. The number of fused-ring (bicyclic) bond motifs is 1. The Balaban J connectivity index is 1.49. The van der Waals surface area contributed by atoms with Crippen LogP contribution >= 0.6 is 0 Å². The first-order valence-corrected chi connectivity index (χ1v) is 10.1. The molecular formula is C25H19F3N2O3. The smallest absolute Gasteiger partial charge is 0.416 e. The normalized spacial score (nSPS) is 11.5. The number of ether oxygens (including phenoxy) is 1. The van der Waals surface area contributed by atoms with E-state index in [1.54, 1.807) is 37.3 Å². The first-order chi connectivity index (χ1) is 15.6. The molecule has 0 fully saturated rings. The standard InChI is InChI=1S/C25H19F3N2O3/c1-15-4-3-5-21-29-23(16(2)24(32)30(15)21)33-14-17-6-8-18(9-7-17)22(31)19-10-12-20(13-11-19)25(26,27)28/h3-13H,14H2,1-2H3. The predicted octanol–water partition coefficient (Wildman–Crippen LogP) is 5.14. The van der Waals surface area contributed by atoms with E-state index in [1.165, 1.54) is 4.40 Å². The fraction of sp³-hybridized carbons (Fsp3) is 0.160. The van der Waals surface area contributed by atoms with Crippen LogP contribution in [-0.4, -0.2) is 15.2 Å². The van der Waals surface area contributed by atoms with Crippen LogP contribution in [0.25, 0.3) is 5.65 Å². The number of halogens is 3. The highest BCUT2D eigenvalue weighted by Gasteiger charge is 2.30. The molecule has 0 amide bonds. The molecule has 2 aromatic carbocycles. The molecule has 2 heterocycles. The molecule has 0 unspecified atom stereocenters. The minimum atomic E-state index is -4.45. The number of aryl methyl sites for hydroxylation is 1. The number of nitrogens with zero attached hydrogens (tertiary/aromatic N) is 2. The topological polar surface area (TPSA) is 60.7 Å². The van der Waals surface area contributed by atoms with Crippen molar-refractivity contribution in [2.24, 2.45) is 0 Å². The average Bonchev–Trinajstić information content (AvgIpc) is 2.80. The third kappa shape index (κ3) is 4.50. The summed E-state index contributed by atoms with van der Waals surface area (Å²) in [5, 5.41) is 0. The minimum Gasteiger partial charge on any atom is -0.472 e. The Morgan fingerprint density at radius 1 is 0.939 bits per heavy atom. The predicted molar refractivity (Wildman–Crippen MR) is 117 cm³/mol. The number of rotatable bonds is 5. The van der Waals surface area contributed by atoms with Crippen LogP contribution in [0.3, 0.4) is 0 Å². The summed E-state index contributed by atoms with van der Waals surface area (Å²) in [5.74, 6) is -0.151. The molecular weight excluding hydrogens is 433 g/mol. The lowest BCUT2D eigenvalue weighted by atomic mass is 10.0. The molecule has 4 aromatic rings. The van der Waals surface area contributed by atoms with Crippen molar-refractivity contribution in [3.05, 3.63) is 111 Å². The van der Waals surface area contributed by atoms with Crippen molar-refractivity contribution in [2.45, 2.75) is 26.6 Å². The molecule has 0 aliphatic rings. The van der Waals surface area contributed by atoms with E-state index in [9.17, 15) is 22.8 Å². The molecule has 33 heavy (non-hydrogen) atoms. The fourth-order valence-corrected chi connectivity index (χ4v) is 3.42. The van der Waals surface area contributed by atoms with Crippen LogP contribution in [0.15, 0.2) is 71.5 Å². The van der Waals surface area contributed by atoms with E-state index >= 15 is 0 Å². The summed E-state index contributed by atoms with van der Waals surface area (Å²) in [6, 6.07) is 16.0. The Kier molecular flexibility index (Phi) is 5.76. The third-order valence-electron chi connectivity index (χ3n) is 5.29. The van der Waals surface area contributed by atoms with E-state index in [-0.39, 0.29) is 29.4 Å². The fourth-order valence-electron chi connectivity index (χ4n) is 3.42. The van der Waals surface area contributed by atoms with Crippen molar-refractivity contribution in [3.8, 4) is 5.88 Å². The van der Waals surface area contributed by atoms with Crippen LogP contribution in [0.4, 0.5) is 13.2 Å². The van der Waals surface area contributed by atoms with Gasteiger partial charge >= 0.3 is 6.18 Å². The Morgan fingerprint density at radius 2 is 1.55 bits per heavy atom.